The van der Waals surface area contributed by atoms with Gasteiger partial charge in [-0.2, -0.15) is 0 Å². The van der Waals surface area contributed by atoms with Gasteiger partial charge in [0, 0.05) is 24.3 Å². The summed E-state index contributed by atoms with van der Waals surface area (Å²) in [5.41, 5.74) is -3.29. The van der Waals surface area contributed by atoms with Crippen molar-refractivity contribution in [3.63, 3.8) is 0 Å². The average molecular weight is 516 g/mol. The smallest absolute Gasteiger partial charge is 0.336 e. The highest BCUT2D eigenvalue weighted by Crippen LogP contribution is 2.29. The Bertz CT molecular complexity index is 984. The summed E-state index contributed by atoms with van der Waals surface area (Å²) in [5.74, 6) is -0.713. The van der Waals surface area contributed by atoms with Crippen molar-refractivity contribution in [2.75, 3.05) is 26.9 Å². The van der Waals surface area contributed by atoms with E-state index in [9.17, 15) is 24.0 Å². The first-order valence-electron chi connectivity index (χ1n) is 12.2. The van der Waals surface area contributed by atoms with Crippen LogP contribution in [0.5, 0.6) is 0 Å². The van der Waals surface area contributed by atoms with Crippen LogP contribution in [0.4, 0.5) is 0 Å². The molecule has 1 unspecified atom stereocenters. The third kappa shape index (κ3) is 9.05. The first-order chi connectivity index (χ1) is 16.7. The summed E-state index contributed by atoms with van der Waals surface area (Å²) in [6, 6.07) is -0.710. The molecule has 36 heavy (non-hydrogen) atoms. The van der Waals surface area contributed by atoms with E-state index in [0.29, 0.717) is 0 Å². The minimum absolute atomic E-state index is 0.0648. The summed E-state index contributed by atoms with van der Waals surface area (Å²) in [6.45, 7) is 11.8. The Labute approximate surface area is 211 Å². The van der Waals surface area contributed by atoms with Crippen LogP contribution < -0.4 is 17.1 Å². The molecule has 0 saturated carbocycles. The van der Waals surface area contributed by atoms with Gasteiger partial charge in [-0.3, -0.25) is 9.59 Å². The molecule has 1 aromatic heterocycles. The Kier molecular flexibility index (Phi) is 12.3. The first kappa shape index (κ1) is 31.3. The van der Waals surface area contributed by atoms with Gasteiger partial charge in [0.1, 0.15) is 13.2 Å². The maximum atomic E-state index is 13.3. The van der Waals surface area contributed by atoms with Gasteiger partial charge >= 0.3 is 29.0 Å². The topological polar surface area (TPSA) is 137 Å². The number of rotatable bonds is 15. The zero-order valence-electron chi connectivity index (χ0n) is 22.7. The van der Waals surface area contributed by atoms with Crippen molar-refractivity contribution in [2.24, 2.45) is 17.3 Å². The normalized spacial score (nSPS) is 12.7. The van der Waals surface area contributed by atoms with Crippen LogP contribution in [-0.2, 0) is 41.9 Å². The standard InChI is InChI=1S/C24H41N3O9/c1-16(2)13-19(28)34-11-9-25-21(30)26(10-12-35-20(29)14-17(3)4)23(32)27(22(25)31)18(5)24(6,7)15-36-33-8/h16-18H,9-15H2,1-8H3. The lowest BCUT2D eigenvalue weighted by Gasteiger charge is -2.32. The van der Waals surface area contributed by atoms with E-state index in [1.165, 1.54) is 7.11 Å². The molecule has 0 aliphatic rings. The highest BCUT2D eigenvalue weighted by atomic mass is 17.2. The van der Waals surface area contributed by atoms with Crippen molar-refractivity contribution in [1.82, 2.24) is 13.7 Å². The second-order valence-electron chi connectivity index (χ2n) is 10.3. The molecular formula is C24H41N3O9. The maximum absolute atomic E-state index is 13.3. The van der Waals surface area contributed by atoms with Gasteiger partial charge in [0.2, 0.25) is 0 Å². The predicted octanol–water partition coefficient (Wildman–Crippen LogP) is 1.52. The fourth-order valence-corrected chi connectivity index (χ4v) is 3.33. The fraction of sp³-hybridized carbons (Fsp3) is 0.792. The first-order valence-corrected chi connectivity index (χ1v) is 12.2. The number of carbonyl (C=O) groups is 2. The average Bonchev–Trinajstić information content (AvgIpc) is 2.75. The number of nitrogens with zero attached hydrogens (tertiary/aromatic N) is 3. The SMILES string of the molecule is COOCC(C)(C)C(C)n1c(=O)n(CCOC(=O)CC(C)C)c(=O)n(CCOC(=O)CC(C)C)c1=O. The molecule has 0 spiro atoms. The third-order valence-electron chi connectivity index (χ3n) is 5.71. The summed E-state index contributed by atoms with van der Waals surface area (Å²) in [5, 5.41) is 0. The van der Waals surface area contributed by atoms with E-state index in [1.807, 2.05) is 27.7 Å². The van der Waals surface area contributed by atoms with Crippen LogP contribution in [0.2, 0.25) is 0 Å². The van der Waals surface area contributed by atoms with Gasteiger partial charge in [0.05, 0.1) is 26.8 Å². The van der Waals surface area contributed by atoms with Crippen molar-refractivity contribution in [3.05, 3.63) is 31.5 Å². The van der Waals surface area contributed by atoms with Gasteiger partial charge in [0.15, 0.2) is 0 Å². The van der Waals surface area contributed by atoms with E-state index < -0.39 is 40.5 Å². The predicted molar refractivity (Wildman–Crippen MR) is 132 cm³/mol. The van der Waals surface area contributed by atoms with Gasteiger partial charge in [-0.15, -0.1) is 0 Å². The monoisotopic (exact) mass is 515 g/mol. The Hall–Kier alpha value is -2.73. The van der Waals surface area contributed by atoms with E-state index in [2.05, 4.69) is 4.89 Å². The van der Waals surface area contributed by atoms with Crippen LogP contribution in [0.3, 0.4) is 0 Å². The van der Waals surface area contributed by atoms with E-state index in [0.717, 1.165) is 13.7 Å². The second kappa shape index (κ2) is 14.1. The largest absolute Gasteiger partial charge is 0.464 e. The van der Waals surface area contributed by atoms with Crippen LogP contribution >= 0.6 is 0 Å². The summed E-state index contributed by atoms with van der Waals surface area (Å²) < 4.78 is 13.0. The molecule has 12 heteroatoms. The minimum atomic E-state index is -0.876. The molecule has 0 radical (unpaired) electrons. The lowest BCUT2D eigenvalue weighted by Crippen LogP contribution is -2.57. The Morgan fingerprint density at radius 2 is 1.19 bits per heavy atom. The molecule has 0 amide bonds. The molecule has 0 aromatic carbocycles. The van der Waals surface area contributed by atoms with Crippen molar-refractivity contribution >= 4 is 11.9 Å². The van der Waals surface area contributed by atoms with Crippen LogP contribution in [0.1, 0.15) is 67.3 Å². The molecule has 0 N–H and O–H groups in total. The summed E-state index contributed by atoms with van der Waals surface area (Å²) in [6.07, 6.45) is 0.399. The maximum Gasteiger partial charge on any atom is 0.336 e. The highest BCUT2D eigenvalue weighted by Gasteiger charge is 2.32. The molecular weight excluding hydrogens is 474 g/mol. The van der Waals surface area contributed by atoms with Gasteiger partial charge in [-0.05, 0) is 18.8 Å². The van der Waals surface area contributed by atoms with E-state index in [1.54, 1.807) is 20.8 Å². The molecule has 0 aliphatic carbocycles. The number of carbonyl (C=O) groups excluding carboxylic acids is 2. The van der Waals surface area contributed by atoms with Crippen molar-refractivity contribution in [1.29, 1.82) is 0 Å². The molecule has 1 aromatic rings. The molecule has 1 atom stereocenters. The number of hydrogen-bond donors (Lipinski definition) is 0. The Balaban J connectivity index is 3.38. The van der Waals surface area contributed by atoms with E-state index in [-0.39, 0.29) is 57.6 Å². The molecule has 206 valence electrons. The molecule has 1 heterocycles. The fourth-order valence-electron chi connectivity index (χ4n) is 3.33. The lowest BCUT2D eigenvalue weighted by atomic mass is 9.86. The lowest BCUT2D eigenvalue weighted by molar-refractivity contribution is -0.290. The van der Waals surface area contributed by atoms with Crippen LogP contribution in [0.15, 0.2) is 14.4 Å². The summed E-state index contributed by atoms with van der Waals surface area (Å²) >= 11 is 0. The molecule has 0 bridgehead atoms. The van der Waals surface area contributed by atoms with E-state index in [4.69, 9.17) is 14.4 Å². The Morgan fingerprint density at radius 3 is 1.56 bits per heavy atom. The second-order valence-corrected chi connectivity index (χ2v) is 10.3. The highest BCUT2D eigenvalue weighted by molar-refractivity contribution is 5.69. The van der Waals surface area contributed by atoms with Crippen LogP contribution in [-0.4, -0.2) is 52.6 Å². The third-order valence-corrected chi connectivity index (χ3v) is 5.71. The number of aromatic nitrogens is 3. The van der Waals surface area contributed by atoms with E-state index >= 15 is 0 Å². The number of hydrogen-bond acceptors (Lipinski definition) is 9. The van der Waals surface area contributed by atoms with Crippen molar-refractivity contribution < 1.29 is 28.8 Å². The molecule has 0 aliphatic heterocycles. The minimum Gasteiger partial charge on any atom is -0.464 e. The molecule has 12 nitrogen and oxygen atoms in total. The summed E-state index contributed by atoms with van der Waals surface area (Å²) in [4.78, 5) is 73.2. The van der Waals surface area contributed by atoms with Crippen LogP contribution in [0.25, 0.3) is 0 Å². The zero-order valence-corrected chi connectivity index (χ0v) is 22.7. The molecule has 0 saturated heterocycles. The van der Waals surface area contributed by atoms with Gasteiger partial charge in [0.25, 0.3) is 0 Å². The number of ether oxygens (including phenoxy) is 2. The summed E-state index contributed by atoms with van der Waals surface area (Å²) in [7, 11) is 1.35. The van der Waals surface area contributed by atoms with Crippen LogP contribution in [0, 0.1) is 17.3 Å². The van der Waals surface area contributed by atoms with Gasteiger partial charge in [-0.25, -0.2) is 37.9 Å². The van der Waals surface area contributed by atoms with Crippen molar-refractivity contribution in [3.8, 4) is 0 Å². The molecule has 1 rings (SSSR count). The zero-order chi connectivity index (χ0) is 27.6. The Morgan fingerprint density at radius 1 is 0.778 bits per heavy atom. The van der Waals surface area contributed by atoms with Crippen molar-refractivity contribution in [2.45, 2.75) is 80.4 Å². The van der Waals surface area contributed by atoms with Gasteiger partial charge < -0.3 is 9.47 Å². The van der Waals surface area contributed by atoms with Gasteiger partial charge in [-0.1, -0.05) is 41.5 Å². The number of esters is 2. The molecule has 0 fully saturated rings. The quantitative estimate of drug-likeness (QED) is 0.193.